The number of alkyl halides is 3. The second kappa shape index (κ2) is 5.79. The van der Waals surface area contributed by atoms with Gasteiger partial charge in [-0.3, -0.25) is 4.79 Å². The lowest BCUT2D eigenvalue weighted by Crippen LogP contribution is -2.09. The number of halogens is 4. The first-order valence-corrected chi connectivity index (χ1v) is 6.40. The Balaban J connectivity index is 2.43. The number of benzene rings is 2. The Morgan fingerprint density at radius 1 is 1.09 bits per heavy atom. The highest BCUT2D eigenvalue weighted by atomic mass is 19.4. The summed E-state index contributed by atoms with van der Waals surface area (Å²) in [7, 11) is 0. The van der Waals surface area contributed by atoms with Crippen molar-refractivity contribution in [1.82, 2.24) is 0 Å². The maximum atomic E-state index is 14.0. The number of carbonyl (C=O) groups is 1. The number of carboxylic acid groups (broad SMARTS) is 1. The third-order valence-corrected chi connectivity index (χ3v) is 3.36. The van der Waals surface area contributed by atoms with Crippen molar-refractivity contribution in [1.29, 1.82) is 0 Å². The topological polar surface area (TPSA) is 37.3 Å². The van der Waals surface area contributed by atoms with Gasteiger partial charge in [0.2, 0.25) is 0 Å². The van der Waals surface area contributed by atoms with Crippen molar-refractivity contribution in [2.24, 2.45) is 0 Å². The van der Waals surface area contributed by atoms with E-state index in [0.29, 0.717) is 0 Å². The molecule has 2 aromatic carbocycles. The highest BCUT2D eigenvalue weighted by Crippen LogP contribution is 2.33. The molecule has 0 aliphatic rings. The van der Waals surface area contributed by atoms with Gasteiger partial charge in [0.25, 0.3) is 0 Å². The minimum Gasteiger partial charge on any atom is -0.481 e. The Labute approximate surface area is 124 Å². The fourth-order valence-electron chi connectivity index (χ4n) is 2.07. The zero-order valence-corrected chi connectivity index (χ0v) is 11.5. The van der Waals surface area contributed by atoms with E-state index < -0.39 is 29.4 Å². The minimum absolute atomic E-state index is 0.0109. The van der Waals surface area contributed by atoms with Crippen molar-refractivity contribution in [2.45, 2.75) is 19.0 Å². The van der Waals surface area contributed by atoms with Gasteiger partial charge in [0.05, 0.1) is 11.5 Å². The van der Waals surface area contributed by atoms with Crippen LogP contribution in [0.25, 0.3) is 11.1 Å². The number of aliphatic carboxylic acids is 1. The lowest BCUT2D eigenvalue weighted by atomic mass is 9.96. The molecule has 1 unspecified atom stereocenters. The largest absolute Gasteiger partial charge is 0.481 e. The molecule has 6 heteroatoms. The molecular weight excluding hydrogens is 300 g/mol. The molecule has 0 saturated carbocycles. The number of carboxylic acids is 1. The van der Waals surface area contributed by atoms with E-state index in [1.165, 1.54) is 31.2 Å². The van der Waals surface area contributed by atoms with Crippen molar-refractivity contribution in [3.8, 4) is 11.1 Å². The predicted molar refractivity (Wildman–Crippen MR) is 72.9 cm³/mol. The van der Waals surface area contributed by atoms with E-state index >= 15 is 0 Å². The maximum absolute atomic E-state index is 14.0. The van der Waals surface area contributed by atoms with Crippen LogP contribution in [0.3, 0.4) is 0 Å². The first-order chi connectivity index (χ1) is 10.2. The summed E-state index contributed by atoms with van der Waals surface area (Å²) in [5.74, 6) is -2.97. The van der Waals surface area contributed by atoms with Gasteiger partial charge in [0.15, 0.2) is 0 Å². The smallest absolute Gasteiger partial charge is 0.416 e. The van der Waals surface area contributed by atoms with Gasteiger partial charge in [-0.1, -0.05) is 24.3 Å². The van der Waals surface area contributed by atoms with Gasteiger partial charge in [0, 0.05) is 5.56 Å². The van der Waals surface area contributed by atoms with Crippen LogP contribution < -0.4 is 0 Å². The SMILES string of the molecule is CC(C(=O)O)c1ccc(-c2cccc(C(F)(F)F)c2)cc1F. The number of hydrogen-bond acceptors (Lipinski definition) is 1. The fraction of sp³-hybridized carbons (Fsp3) is 0.188. The summed E-state index contributed by atoms with van der Waals surface area (Å²) in [5.41, 5.74) is -0.371. The monoisotopic (exact) mass is 312 g/mol. The average Bonchev–Trinajstić information content (AvgIpc) is 2.45. The third kappa shape index (κ3) is 3.27. The van der Waals surface area contributed by atoms with Crippen molar-refractivity contribution >= 4 is 5.97 Å². The fourth-order valence-corrected chi connectivity index (χ4v) is 2.07. The van der Waals surface area contributed by atoms with Crippen LogP contribution in [-0.2, 0) is 11.0 Å². The van der Waals surface area contributed by atoms with E-state index in [1.54, 1.807) is 0 Å². The molecule has 1 N–H and O–H groups in total. The summed E-state index contributed by atoms with van der Waals surface area (Å²) in [4.78, 5) is 10.9. The molecule has 2 aromatic rings. The van der Waals surface area contributed by atoms with Gasteiger partial charge in [-0.05, 0) is 36.2 Å². The summed E-state index contributed by atoms with van der Waals surface area (Å²) in [6.45, 7) is 1.34. The van der Waals surface area contributed by atoms with Crippen molar-refractivity contribution in [3.63, 3.8) is 0 Å². The normalized spacial score (nSPS) is 13.0. The summed E-state index contributed by atoms with van der Waals surface area (Å²) >= 11 is 0. The predicted octanol–water partition coefficient (Wildman–Crippen LogP) is 4.70. The molecule has 0 bridgehead atoms. The molecule has 0 aliphatic carbocycles. The molecule has 0 amide bonds. The van der Waals surface area contributed by atoms with Crippen molar-refractivity contribution in [3.05, 3.63) is 59.4 Å². The summed E-state index contributed by atoms with van der Waals surface area (Å²) in [6.07, 6.45) is -4.48. The van der Waals surface area contributed by atoms with Crippen LogP contribution in [0.5, 0.6) is 0 Å². The van der Waals surface area contributed by atoms with Gasteiger partial charge in [-0.25, -0.2) is 4.39 Å². The zero-order chi connectivity index (χ0) is 16.5. The second-order valence-corrected chi connectivity index (χ2v) is 4.87. The third-order valence-electron chi connectivity index (χ3n) is 3.36. The van der Waals surface area contributed by atoms with Crippen LogP contribution in [0, 0.1) is 5.82 Å². The van der Waals surface area contributed by atoms with Gasteiger partial charge < -0.3 is 5.11 Å². The van der Waals surface area contributed by atoms with E-state index in [2.05, 4.69) is 0 Å². The van der Waals surface area contributed by atoms with Crippen LogP contribution in [0.2, 0.25) is 0 Å². The average molecular weight is 312 g/mol. The lowest BCUT2D eigenvalue weighted by molar-refractivity contribution is -0.139. The molecule has 0 heterocycles. The van der Waals surface area contributed by atoms with E-state index in [9.17, 15) is 22.4 Å². The Morgan fingerprint density at radius 2 is 1.73 bits per heavy atom. The molecule has 0 aliphatic heterocycles. The molecule has 22 heavy (non-hydrogen) atoms. The highest BCUT2D eigenvalue weighted by Gasteiger charge is 2.30. The van der Waals surface area contributed by atoms with Crippen molar-refractivity contribution < 1.29 is 27.5 Å². The molecule has 1 atom stereocenters. The van der Waals surface area contributed by atoms with E-state index in [-0.39, 0.29) is 16.7 Å². The minimum atomic E-state index is -4.48. The Morgan fingerprint density at radius 3 is 2.27 bits per heavy atom. The van der Waals surface area contributed by atoms with Gasteiger partial charge >= 0.3 is 12.1 Å². The van der Waals surface area contributed by atoms with Gasteiger partial charge in [0.1, 0.15) is 5.82 Å². The Kier molecular flexibility index (Phi) is 4.21. The Hall–Kier alpha value is -2.37. The molecule has 116 valence electrons. The van der Waals surface area contributed by atoms with Crippen LogP contribution in [0.4, 0.5) is 17.6 Å². The van der Waals surface area contributed by atoms with Crippen LogP contribution in [0.1, 0.15) is 24.0 Å². The van der Waals surface area contributed by atoms with Crippen LogP contribution >= 0.6 is 0 Å². The van der Waals surface area contributed by atoms with Crippen molar-refractivity contribution in [2.75, 3.05) is 0 Å². The van der Waals surface area contributed by atoms with E-state index in [0.717, 1.165) is 18.2 Å². The Bertz CT molecular complexity index is 708. The molecule has 0 saturated heterocycles. The lowest BCUT2D eigenvalue weighted by Gasteiger charge is -2.11. The summed E-state index contributed by atoms with van der Waals surface area (Å²) < 4.78 is 52.0. The zero-order valence-electron chi connectivity index (χ0n) is 11.5. The molecular formula is C16H12F4O2. The quantitative estimate of drug-likeness (QED) is 0.834. The second-order valence-electron chi connectivity index (χ2n) is 4.87. The molecule has 2 rings (SSSR count). The van der Waals surface area contributed by atoms with Crippen LogP contribution in [0.15, 0.2) is 42.5 Å². The first-order valence-electron chi connectivity index (χ1n) is 6.40. The number of rotatable bonds is 3. The maximum Gasteiger partial charge on any atom is 0.416 e. The molecule has 2 nitrogen and oxygen atoms in total. The number of hydrogen-bond donors (Lipinski definition) is 1. The molecule has 0 aromatic heterocycles. The molecule has 0 fully saturated rings. The highest BCUT2D eigenvalue weighted by molar-refractivity contribution is 5.76. The van der Waals surface area contributed by atoms with Crippen LogP contribution in [-0.4, -0.2) is 11.1 Å². The van der Waals surface area contributed by atoms with Gasteiger partial charge in [-0.2, -0.15) is 13.2 Å². The molecule has 0 radical (unpaired) electrons. The summed E-state index contributed by atoms with van der Waals surface area (Å²) in [5, 5.41) is 8.88. The summed E-state index contributed by atoms with van der Waals surface area (Å²) in [6, 6.07) is 8.27. The van der Waals surface area contributed by atoms with E-state index in [4.69, 9.17) is 5.11 Å². The first kappa shape index (κ1) is 16.0. The standard InChI is InChI=1S/C16H12F4O2/c1-9(15(21)22)13-6-5-11(8-14(13)17)10-3-2-4-12(7-10)16(18,19)20/h2-9H,1H3,(H,21,22). The van der Waals surface area contributed by atoms with E-state index in [1.807, 2.05) is 0 Å². The molecule has 0 spiro atoms. The van der Waals surface area contributed by atoms with Gasteiger partial charge in [-0.15, -0.1) is 0 Å².